The largest absolute Gasteiger partial charge is 0.497 e. The van der Waals surface area contributed by atoms with Gasteiger partial charge in [0.25, 0.3) is 0 Å². The Morgan fingerprint density at radius 1 is 1.17 bits per heavy atom. The quantitative estimate of drug-likeness (QED) is 0.679. The van der Waals surface area contributed by atoms with Gasteiger partial charge in [-0.05, 0) is 24.3 Å². The fourth-order valence-corrected chi connectivity index (χ4v) is 2.96. The second-order valence-corrected chi connectivity index (χ2v) is 6.09. The highest BCUT2D eigenvalue weighted by atomic mass is 35.5. The number of ether oxygens (including phenoxy) is 1. The van der Waals surface area contributed by atoms with Crippen LogP contribution in [0.1, 0.15) is 0 Å². The van der Waals surface area contributed by atoms with E-state index in [2.05, 4.69) is 15.6 Å². The highest BCUT2D eigenvalue weighted by Crippen LogP contribution is 2.27. The van der Waals surface area contributed by atoms with E-state index in [0.717, 1.165) is 17.0 Å². The van der Waals surface area contributed by atoms with Crippen molar-refractivity contribution >= 4 is 39.8 Å². The van der Waals surface area contributed by atoms with E-state index in [4.69, 9.17) is 16.3 Å². The number of hydrogen-bond donors (Lipinski definition) is 2. The summed E-state index contributed by atoms with van der Waals surface area (Å²) < 4.78 is 5.21. The molecule has 0 spiro atoms. The number of nitrogens with zero attached hydrogens (tertiary/aromatic N) is 1. The molecule has 3 rings (SSSR count). The molecule has 5 nitrogen and oxygen atoms in total. The summed E-state index contributed by atoms with van der Waals surface area (Å²) in [7, 11) is 1.62. The molecule has 122 valence electrons. The van der Waals surface area contributed by atoms with Gasteiger partial charge in [-0.15, -0.1) is 11.3 Å². The molecule has 0 aliphatic carbocycles. The number of rotatable bonds is 4. The summed E-state index contributed by atoms with van der Waals surface area (Å²) in [5.41, 5.74) is 2.23. The molecule has 1 aromatic heterocycles. The second kappa shape index (κ2) is 7.33. The van der Waals surface area contributed by atoms with Crippen LogP contribution in [0.4, 0.5) is 15.6 Å². The van der Waals surface area contributed by atoms with Gasteiger partial charge < -0.3 is 10.1 Å². The van der Waals surface area contributed by atoms with Crippen LogP contribution >= 0.6 is 22.9 Å². The lowest BCUT2D eigenvalue weighted by Gasteiger charge is -2.06. The fourth-order valence-electron chi connectivity index (χ4n) is 2.06. The molecule has 2 amide bonds. The van der Waals surface area contributed by atoms with Crippen molar-refractivity contribution in [1.29, 1.82) is 0 Å². The Balaban J connectivity index is 1.69. The molecular weight excluding hydrogens is 346 g/mol. The molecule has 2 N–H and O–H groups in total. The molecule has 0 aliphatic heterocycles. The molecule has 0 unspecified atom stereocenters. The first-order chi connectivity index (χ1) is 11.7. The van der Waals surface area contributed by atoms with Crippen LogP contribution in [0.15, 0.2) is 53.9 Å². The van der Waals surface area contributed by atoms with Gasteiger partial charge in [0.1, 0.15) is 5.75 Å². The van der Waals surface area contributed by atoms with Gasteiger partial charge in [-0.1, -0.05) is 35.9 Å². The third kappa shape index (κ3) is 3.84. The van der Waals surface area contributed by atoms with Crippen LogP contribution < -0.4 is 15.4 Å². The number of aromatic nitrogens is 1. The lowest BCUT2D eigenvalue weighted by Crippen LogP contribution is -2.19. The number of anilines is 2. The number of carbonyl (C=O) groups is 1. The van der Waals surface area contributed by atoms with Gasteiger partial charge in [0.15, 0.2) is 5.13 Å². The SMILES string of the molecule is COc1cccc(-c2csc(NC(=O)Nc3ccccc3Cl)n2)c1. The summed E-state index contributed by atoms with van der Waals surface area (Å²) in [6.07, 6.45) is 0. The van der Waals surface area contributed by atoms with Crippen molar-refractivity contribution in [2.24, 2.45) is 0 Å². The zero-order valence-corrected chi connectivity index (χ0v) is 14.3. The van der Waals surface area contributed by atoms with Gasteiger partial charge in [0, 0.05) is 10.9 Å². The van der Waals surface area contributed by atoms with Gasteiger partial charge in [0.2, 0.25) is 0 Å². The average molecular weight is 360 g/mol. The first kappa shape index (κ1) is 16.3. The summed E-state index contributed by atoms with van der Waals surface area (Å²) in [6.45, 7) is 0. The van der Waals surface area contributed by atoms with E-state index in [-0.39, 0.29) is 0 Å². The zero-order chi connectivity index (χ0) is 16.9. The summed E-state index contributed by atoms with van der Waals surface area (Å²) >= 11 is 7.36. The van der Waals surface area contributed by atoms with E-state index in [9.17, 15) is 4.79 Å². The minimum absolute atomic E-state index is 0.394. The van der Waals surface area contributed by atoms with E-state index in [1.165, 1.54) is 11.3 Å². The Morgan fingerprint density at radius 2 is 2.00 bits per heavy atom. The zero-order valence-electron chi connectivity index (χ0n) is 12.7. The molecule has 0 bridgehead atoms. The molecule has 0 saturated carbocycles. The van der Waals surface area contributed by atoms with Gasteiger partial charge in [-0.3, -0.25) is 5.32 Å². The third-order valence-electron chi connectivity index (χ3n) is 3.21. The fraction of sp³-hybridized carbons (Fsp3) is 0.0588. The molecule has 7 heteroatoms. The molecule has 0 radical (unpaired) electrons. The van der Waals surface area contributed by atoms with Gasteiger partial charge in [-0.2, -0.15) is 0 Å². The molecule has 3 aromatic rings. The van der Waals surface area contributed by atoms with E-state index in [1.807, 2.05) is 29.6 Å². The van der Waals surface area contributed by atoms with Crippen LogP contribution in [0.5, 0.6) is 5.75 Å². The number of urea groups is 1. The van der Waals surface area contributed by atoms with Crippen LogP contribution in [-0.4, -0.2) is 18.1 Å². The van der Waals surface area contributed by atoms with Crippen LogP contribution in [0, 0.1) is 0 Å². The third-order valence-corrected chi connectivity index (χ3v) is 4.30. The van der Waals surface area contributed by atoms with Crippen molar-refractivity contribution in [3.05, 3.63) is 58.9 Å². The van der Waals surface area contributed by atoms with Crippen molar-refractivity contribution in [3.8, 4) is 17.0 Å². The summed E-state index contributed by atoms with van der Waals surface area (Å²) in [6, 6.07) is 14.2. The van der Waals surface area contributed by atoms with E-state index >= 15 is 0 Å². The summed E-state index contributed by atoms with van der Waals surface area (Å²) in [5, 5.41) is 8.24. The maximum absolute atomic E-state index is 12.0. The van der Waals surface area contributed by atoms with Crippen molar-refractivity contribution < 1.29 is 9.53 Å². The number of thiazole rings is 1. The smallest absolute Gasteiger partial charge is 0.325 e. The number of carbonyl (C=O) groups excluding carboxylic acids is 1. The minimum Gasteiger partial charge on any atom is -0.497 e. The summed E-state index contributed by atoms with van der Waals surface area (Å²) in [5.74, 6) is 0.756. The van der Waals surface area contributed by atoms with Crippen molar-refractivity contribution in [2.75, 3.05) is 17.7 Å². The van der Waals surface area contributed by atoms with Crippen molar-refractivity contribution in [1.82, 2.24) is 4.98 Å². The predicted octanol–water partition coefficient (Wildman–Crippen LogP) is 5.12. The number of hydrogen-bond acceptors (Lipinski definition) is 4. The number of halogens is 1. The van der Waals surface area contributed by atoms with Crippen molar-refractivity contribution in [3.63, 3.8) is 0 Å². The van der Waals surface area contributed by atoms with Crippen LogP contribution in [0.2, 0.25) is 5.02 Å². The lowest BCUT2D eigenvalue weighted by atomic mass is 10.2. The number of amides is 2. The molecule has 0 saturated heterocycles. The second-order valence-electron chi connectivity index (χ2n) is 4.83. The van der Waals surface area contributed by atoms with E-state index in [0.29, 0.717) is 15.8 Å². The molecule has 24 heavy (non-hydrogen) atoms. The van der Waals surface area contributed by atoms with Crippen LogP contribution in [-0.2, 0) is 0 Å². The summed E-state index contributed by atoms with van der Waals surface area (Å²) in [4.78, 5) is 16.5. The van der Waals surface area contributed by atoms with Gasteiger partial charge in [-0.25, -0.2) is 9.78 Å². The van der Waals surface area contributed by atoms with Gasteiger partial charge in [0.05, 0.1) is 23.5 Å². The highest BCUT2D eigenvalue weighted by Gasteiger charge is 2.10. The maximum atomic E-state index is 12.0. The molecular formula is C17H14ClN3O2S. The van der Waals surface area contributed by atoms with Crippen molar-refractivity contribution in [2.45, 2.75) is 0 Å². The predicted molar refractivity (Wildman–Crippen MR) is 98.2 cm³/mol. The van der Waals surface area contributed by atoms with E-state index < -0.39 is 6.03 Å². The normalized spacial score (nSPS) is 10.2. The van der Waals surface area contributed by atoms with Gasteiger partial charge >= 0.3 is 6.03 Å². The molecule has 2 aromatic carbocycles. The van der Waals surface area contributed by atoms with E-state index in [1.54, 1.807) is 31.4 Å². The molecule has 0 atom stereocenters. The first-order valence-corrected chi connectivity index (χ1v) is 8.34. The Kier molecular flexibility index (Phi) is 4.98. The Labute approximate surface area is 148 Å². The number of methoxy groups -OCH3 is 1. The minimum atomic E-state index is -0.394. The molecule has 0 fully saturated rings. The topological polar surface area (TPSA) is 63.2 Å². The number of para-hydroxylation sites is 1. The lowest BCUT2D eigenvalue weighted by molar-refractivity contribution is 0.262. The Bertz CT molecular complexity index is 866. The Morgan fingerprint density at radius 3 is 2.79 bits per heavy atom. The monoisotopic (exact) mass is 359 g/mol. The van der Waals surface area contributed by atoms with Crippen LogP contribution in [0.3, 0.4) is 0 Å². The standard InChI is InChI=1S/C17H14ClN3O2S/c1-23-12-6-4-5-11(9-12)15-10-24-17(20-15)21-16(22)19-14-8-3-2-7-13(14)18/h2-10H,1H3,(H2,19,20,21,22). The highest BCUT2D eigenvalue weighted by molar-refractivity contribution is 7.14. The molecule has 1 heterocycles. The Hall–Kier alpha value is -2.57. The maximum Gasteiger partial charge on any atom is 0.325 e. The first-order valence-electron chi connectivity index (χ1n) is 7.08. The number of benzene rings is 2. The number of nitrogens with one attached hydrogen (secondary N) is 2. The average Bonchev–Trinajstić information content (AvgIpc) is 3.05. The molecule has 0 aliphatic rings. The van der Waals surface area contributed by atoms with Crippen LogP contribution in [0.25, 0.3) is 11.3 Å².